The summed E-state index contributed by atoms with van der Waals surface area (Å²) in [5.41, 5.74) is 0.564. The van der Waals surface area contributed by atoms with E-state index in [1.165, 1.54) is 19.4 Å². The maximum Gasteiger partial charge on any atom is 0.302 e. The highest BCUT2D eigenvalue weighted by Gasteiger charge is 2.68. The fourth-order valence-corrected chi connectivity index (χ4v) is 18.1. The number of halogens is 2. The number of esters is 2. The quantitative estimate of drug-likeness (QED) is 0.0385. The minimum atomic E-state index is -0.559. The van der Waals surface area contributed by atoms with Gasteiger partial charge in [-0.15, -0.1) is 0 Å². The van der Waals surface area contributed by atoms with Gasteiger partial charge in [0, 0.05) is 50.7 Å². The lowest BCUT2D eigenvalue weighted by atomic mass is 9.44. The number of carbonyl (C=O) groups excluding carboxylic acids is 4. The highest BCUT2D eigenvalue weighted by Crippen LogP contribution is 2.68. The molecule has 0 bridgehead atoms. The molecule has 0 saturated heterocycles. The molecule has 12 nitrogen and oxygen atoms in total. The van der Waals surface area contributed by atoms with Gasteiger partial charge in [0.25, 0.3) is 0 Å². The summed E-state index contributed by atoms with van der Waals surface area (Å²) in [6.45, 7) is 9.01. The van der Waals surface area contributed by atoms with E-state index in [0.29, 0.717) is 43.8 Å². The lowest BCUT2D eigenvalue weighted by Gasteiger charge is -2.62. The SMILES string of the molecule is CC(=O)O[C@H]1[C@H](Br)CC2C3C(CC[C@@]21CO)[C@@]1(C)CC[C@H](OCCCCC=O)CC1=C[C@@H]3O.CC(=O)O[C@H]1[C@H](Br)CC2C3C(CC[C@@]21CO)[C@@]1(C)CC[C@H](OCCCCC=O)CC1C[C@@H]3O. The van der Waals surface area contributed by atoms with Crippen LogP contribution in [0.25, 0.3) is 0 Å². The van der Waals surface area contributed by atoms with Crippen molar-refractivity contribution in [2.24, 2.45) is 63.1 Å². The van der Waals surface area contributed by atoms with Crippen LogP contribution in [0.3, 0.4) is 0 Å². The summed E-state index contributed by atoms with van der Waals surface area (Å²) in [6, 6.07) is 0. The number of ether oxygens (including phenoxy) is 4. The number of carbonyl (C=O) groups is 4. The first-order valence-electron chi connectivity index (χ1n) is 25.6. The number of aldehydes is 2. The summed E-state index contributed by atoms with van der Waals surface area (Å²) < 4.78 is 23.8. The second-order valence-corrected chi connectivity index (χ2v) is 24.8. The van der Waals surface area contributed by atoms with Crippen molar-refractivity contribution in [3.63, 3.8) is 0 Å². The predicted molar refractivity (Wildman–Crippen MR) is 256 cm³/mol. The van der Waals surface area contributed by atoms with Crippen molar-refractivity contribution < 1.29 is 58.6 Å². The minimum absolute atomic E-state index is 0.00614. The first-order chi connectivity index (χ1) is 31.5. The van der Waals surface area contributed by atoms with Gasteiger partial charge in [0.1, 0.15) is 24.8 Å². The molecule has 7 fully saturated rings. The Morgan fingerprint density at radius 3 is 1.76 bits per heavy atom. The van der Waals surface area contributed by atoms with E-state index in [-0.39, 0.29) is 93.7 Å². The number of unbranched alkanes of at least 4 members (excludes halogenated alkanes) is 4. The Bertz CT molecular complexity index is 1730. The number of hydrogen-bond donors (Lipinski definition) is 4. The molecule has 14 heteroatoms. The van der Waals surface area contributed by atoms with Gasteiger partial charge in [-0.3, -0.25) is 9.59 Å². The topological polar surface area (TPSA) is 186 Å². The molecule has 0 heterocycles. The number of aliphatic hydroxyl groups excluding tert-OH is 4. The molecule has 7 unspecified atom stereocenters. The van der Waals surface area contributed by atoms with E-state index in [9.17, 15) is 39.6 Å². The van der Waals surface area contributed by atoms with Crippen LogP contribution in [0.4, 0.5) is 0 Å². The average molecular weight is 1060 g/mol. The van der Waals surface area contributed by atoms with E-state index in [1.54, 1.807) is 0 Å². The van der Waals surface area contributed by atoms with Gasteiger partial charge in [0.2, 0.25) is 0 Å². The Labute approximate surface area is 410 Å². The first kappa shape index (κ1) is 52.6. The van der Waals surface area contributed by atoms with E-state index < -0.39 is 23.0 Å². The van der Waals surface area contributed by atoms with Crippen LogP contribution < -0.4 is 0 Å². The molecule has 0 aromatic heterocycles. The van der Waals surface area contributed by atoms with Gasteiger partial charge in [-0.05, 0) is 161 Å². The van der Waals surface area contributed by atoms with E-state index in [0.717, 1.165) is 122 Å². The molecule has 0 radical (unpaired) electrons. The Hall–Kier alpha value is -1.26. The summed E-state index contributed by atoms with van der Waals surface area (Å²) in [5.74, 6) is 1.02. The van der Waals surface area contributed by atoms with E-state index in [4.69, 9.17) is 18.9 Å². The number of hydrogen-bond acceptors (Lipinski definition) is 12. The van der Waals surface area contributed by atoms with Gasteiger partial charge in [-0.1, -0.05) is 57.4 Å². The van der Waals surface area contributed by atoms with Crippen LogP contribution in [-0.4, -0.2) is 118 Å². The molecule has 0 amide bonds. The van der Waals surface area contributed by atoms with E-state index >= 15 is 0 Å². The second kappa shape index (κ2) is 22.0. The number of fused-ring (bicyclic) bond motifs is 10. The van der Waals surface area contributed by atoms with Gasteiger partial charge < -0.3 is 49.0 Å². The van der Waals surface area contributed by atoms with Crippen LogP contribution in [0, 0.1) is 63.1 Å². The van der Waals surface area contributed by atoms with Gasteiger partial charge in [0.05, 0.1) is 47.3 Å². The zero-order chi connectivity index (χ0) is 47.6. The van der Waals surface area contributed by atoms with Crippen molar-refractivity contribution >= 4 is 56.4 Å². The molecule has 19 atom stereocenters. The largest absolute Gasteiger partial charge is 0.461 e. The van der Waals surface area contributed by atoms with Crippen LogP contribution in [0.2, 0.25) is 0 Å². The summed E-state index contributed by atoms with van der Waals surface area (Å²) in [5, 5.41) is 43.9. The van der Waals surface area contributed by atoms with Crippen LogP contribution >= 0.6 is 31.9 Å². The van der Waals surface area contributed by atoms with Crippen molar-refractivity contribution in [3.05, 3.63) is 11.6 Å². The zero-order valence-electron chi connectivity index (χ0n) is 40.0. The highest BCUT2D eigenvalue weighted by atomic mass is 79.9. The fraction of sp³-hybridized carbons (Fsp3) is 0.885. The summed E-state index contributed by atoms with van der Waals surface area (Å²) in [7, 11) is 0. The minimum Gasteiger partial charge on any atom is -0.461 e. The number of rotatable bonds is 16. The summed E-state index contributed by atoms with van der Waals surface area (Å²) in [6.07, 6.45) is 19.5. The molecule has 0 aliphatic heterocycles. The van der Waals surface area contributed by atoms with Crippen molar-refractivity contribution in [2.45, 2.75) is 196 Å². The number of aliphatic hydroxyl groups is 4. The molecule has 8 aliphatic carbocycles. The highest BCUT2D eigenvalue weighted by molar-refractivity contribution is 9.09. The molecular formula is C52H80Br2O12. The van der Waals surface area contributed by atoms with Gasteiger partial charge in [-0.25, -0.2) is 0 Å². The second-order valence-electron chi connectivity index (χ2n) is 22.4. The Balaban J connectivity index is 0.000000196. The zero-order valence-corrected chi connectivity index (χ0v) is 43.1. The lowest BCUT2D eigenvalue weighted by molar-refractivity contribution is -0.196. The smallest absolute Gasteiger partial charge is 0.302 e. The molecule has 8 aliphatic rings. The summed E-state index contributed by atoms with van der Waals surface area (Å²) in [4.78, 5) is 44.6. The van der Waals surface area contributed by atoms with Crippen molar-refractivity contribution in [3.8, 4) is 0 Å². The Morgan fingerprint density at radius 2 is 1.21 bits per heavy atom. The molecule has 4 N–H and O–H groups in total. The molecule has 66 heavy (non-hydrogen) atoms. The fourth-order valence-electron chi connectivity index (χ4n) is 16.0. The first-order valence-corrected chi connectivity index (χ1v) is 27.4. The average Bonchev–Trinajstić information content (AvgIpc) is 3.72. The van der Waals surface area contributed by atoms with Gasteiger partial charge >= 0.3 is 11.9 Å². The molecular weight excluding hydrogens is 976 g/mol. The predicted octanol–water partition coefficient (Wildman–Crippen LogP) is 7.98. The Morgan fingerprint density at radius 1 is 0.682 bits per heavy atom. The van der Waals surface area contributed by atoms with Crippen LogP contribution in [0.5, 0.6) is 0 Å². The van der Waals surface area contributed by atoms with Crippen molar-refractivity contribution in [1.82, 2.24) is 0 Å². The third-order valence-corrected chi connectivity index (χ3v) is 21.0. The van der Waals surface area contributed by atoms with Gasteiger partial charge in [0.15, 0.2) is 0 Å². The van der Waals surface area contributed by atoms with Crippen LogP contribution in [0.1, 0.15) is 150 Å². The van der Waals surface area contributed by atoms with E-state index in [2.05, 4.69) is 51.8 Å². The molecule has 8 rings (SSSR count). The van der Waals surface area contributed by atoms with Crippen LogP contribution in [-0.2, 0) is 38.1 Å². The molecule has 7 saturated carbocycles. The Kier molecular flexibility index (Phi) is 17.5. The standard InChI is InChI=1S/C26H41BrO6.C26H39BrO6/c2*1-16(30)33-24-21(27)14-20-23-19(7-9-26(20,24)15-29)25(2)8-6-18(12-17(25)13-22(23)31)32-11-5-3-4-10-28/h10,17-24,29,31H,3-9,11-15H2,1-2H3;10,13,18-24,29,31H,3-9,11-12,14-15H2,1-2H3/t17?,18-,19?,20?,21+,22-,23?,24-,25-,26+;18-,19?,20?,21+,22-,23?,24-,25-,26+/m00/s1. The monoisotopic (exact) mass is 1050 g/mol. The van der Waals surface area contributed by atoms with E-state index in [1.807, 2.05) is 0 Å². The van der Waals surface area contributed by atoms with Crippen molar-refractivity contribution in [1.29, 1.82) is 0 Å². The molecule has 0 spiro atoms. The maximum atomic E-state index is 11.8. The number of alkyl halides is 2. The van der Waals surface area contributed by atoms with Crippen LogP contribution in [0.15, 0.2) is 11.6 Å². The third-order valence-electron chi connectivity index (χ3n) is 19.3. The maximum absolute atomic E-state index is 11.8. The molecule has 0 aromatic carbocycles. The lowest BCUT2D eigenvalue weighted by Crippen LogP contribution is -2.60. The summed E-state index contributed by atoms with van der Waals surface area (Å²) >= 11 is 7.50. The van der Waals surface area contributed by atoms with Crippen molar-refractivity contribution in [2.75, 3.05) is 26.4 Å². The third kappa shape index (κ3) is 9.99. The molecule has 0 aromatic rings. The normalized spacial score (nSPS) is 45.5. The van der Waals surface area contributed by atoms with Gasteiger partial charge in [-0.2, -0.15) is 0 Å². The molecule has 374 valence electrons.